The highest BCUT2D eigenvalue weighted by Crippen LogP contribution is 2.02. The third kappa shape index (κ3) is 5.27. The minimum atomic E-state index is -1.11. The average Bonchev–Trinajstić information content (AvgIpc) is 2.86. The number of amides is 2. The molecule has 1 heterocycles. The maximum atomic E-state index is 11.8. The normalized spacial score (nSPS) is 11.7. The number of nitrogens with one attached hydrogen (secondary N) is 2. The second-order valence-electron chi connectivity index (χ2n) is 4.40. The Morgan fingerprint density at radius 1 is 1.43 bits per heavy atom. The van der Waals surface area contributed by atoms with Crippen molar-refractivity contribution in [3.8, 4) is 0 Å². The summed E-state index contributed by atoms with van der Waals surface area (Å²) in [6.45, 7) is 2.13. The molecule has 0 aliphatic carbocycles. The van der Waals surface area contributed by atoms with Crippen LogP contribution in [0.15, 0.2) is 18.3 Å². The van der Waals surface area contributed by atoms with Gasteiger partial charge in [-0.3, -0.25) is 9.59 Å². The number of carbonyl (C=O) groups excluding carboxylic acids is 2. The molecule has 2 amide bonds. The summed E-state index contributed by atoms with van der Waals surface area (Å²) in [6, 6.07) is 2.23. The molecule has 0 aliphatic rings. The first-order valence-electron chi connectivity index (χ1n) is 6.40. The third-order valence-corrected chi connectivity index (χ3v) is 2.74. The van der Waals surface area contributed by atoms with Crippen molar-refractivity contribution < 1.29 is 24.2 Å². The van der Waals surface area contributed by atoms with Crippen molar-refractivity contribution in [1.29, 1.82) is 0 Å². The van der Waals surface area contributed by atoms with E-state index in [-0.39, 0.29) is 18.1 Å². The summed E-state index contributed by atoms with van der Waals surface area (Å²) >= 11 is 0. The van der Waals surface area contributed by atoms with Crippen molar-refractivity contribution in [1.82, 2.24) is 15.2 Å². The van der Waals surface area contributed by atoms with Gasteiger partial charge in [0, 0.05) is 19.9 Å². The van der Waals surface area contributed by atoms with Gasteiger partial charge in [0.2, 0.25) is 11.8 Å². The second-order valence-corrected chi connectivity index (χ2v) is 4.40. The summed E-state index contributed by atoms with van der Waals surface area (Å²) in [5.74, 6) is -1.88. The van der Waals surface area contributed by atoms with E-state index in [2.05, 4.69) is 10.6 Å². The van der Waals surface area contributed by atoms with Crippen LogP contribution in [0.2, 0.25) is 0 Å². The van der Waals surface area contributed by atoms with Crippen molar-refractivity contribution >= 4 is 17.8 Å². The Bertz CT molecular complexity index is 512. The monoisotopic (exact) mass is 297 g/mol. The van der Waals surface area contributed by atoms with Crippen LogP contribution in [-0.4, -0.2) is 53.8 Å². The minimum absolute atomic E-state index is 0.0161. The lowest BCUT2D eigenvalue weighted by atomic mass is 10.3. The largest absolute Gasteiger partial charge is 0.477 e. The standard InChI is InChI=1S/C13H19N3O5/c1-9(12(18)14-5-7-21-2)15-11(17)8-16-6-3-4-10(16)13(19)20/h3-4,6,9H,5,7-8H2,1-2H3,(H,14,18)(H,15,17)(H,19,20). The Morgan fingerprint density at radius 2 is 2.14 bits per heavy atom. The Kier molecular flexibility index (Phi) is 6.41. The fourth-order valence-electron chi connectivity index (χ4n) is 1.68. The van der Waals surface area contributed by atoms with Gasteiger partial charge in [-0.05, 0) is 19.1 Å². The zero-order chi connectivity index (χ0) is 15.8. The molecule has 8 nitrogen and oxygen atoms in total. The van der Waals surface area contributed by atoms with Crippen molar-refractivity contribution in [2.75, 3.05) is 20.3 Å². The van der Waals surface area contributed by atoms with E-state index in [0.29, 0.717) is 13.2 Å². The summed E-state index contributed by atoms with van der Waals surface area (Å²) < 4.78 is 6.10. The topological polar surface area (TPSA) is 110 Å². The molecule has 1 unspecified atom stereocenters. The zero-order valence-electron chi connectivity index (χ0n) is 12.0. The number of carbonyl (C=O) groups is 3. The maximum Gasteiger partial charge on any atom is 0.352 e. The van der Waals surface area contributed by atoms with E-state index < -0.39 is 17.9 Å². The van der Waals surface area contributed by atoms with E-state index in [1.165, 1.54) is 30.0 Å². The SMILES string of the molecule is COCCNC(=O)C(C)NC(=O)Cn1cccc1C(=O)O. The van der Waals surface area contributed by atoms with E-state index >= 15 is 0 Å². The average molecular weight is 297 g/mol. The smallest absolute Gasteiger partial charge is 0.352 e. The number of rotatable bonds is 8. The molecule has 1 aromatic rings. The van der Waals surface area contributed by atoms with Gasteiger partial charge in [0.15, 0.2) is 0 Å². The van der Waals surface area contributed by atoms with Crippen LogP contribution in [0, 0.1) is 0 Å². The van der Waals surface area contributed by atoms with Crippen LogP contribution in [0.4, 0.5) is 0 Å². The molecular formula is C13H19N3O5. The highest BCUT2D eigenvalue weighted by atomic mass is 16.5. The highest BCUT2D eigenvalue weighted by molar-refractivity contribution is 5.89. The number of hydrogen-bond donors (Lipinski definition) is 3. The summed E-state index contributed by atoms with van der Waals surface area (Å²) in [4.78, 5) is 34.4. The minimum Gasteiger partial charge on any atom is -0.477 e. The number of carboxylic acid groups (broad SMARTS) is 1. The number of ether oxygens (including phenoxy) is 1. The number of hydrogen-bond acceptors (Lipinski definition) is 4. The van der Waals surface area contributed by atoms with Gasteiger partial charge in [0.05, 0.1) is 6.61 Å². The Labute approximate surface area is 122 Å². The molecule has 116 valence electrons. The summed E-state index contributed by atoms with van der Waals surface area (Å²) in [7, 11) is 1.52. The first kappa shape index (κ1) is 16.7. The van der Waals surface area contributed by atoms with Gasteiger partial charge < -0.3 is 25.0 Å². The van der Waals surface area contributed by atoms with E-state index in [1.54, 1.807) is 6.92 Å². The molecule has 1 atom stereocenters. The van der Waals surface area contributed by atoms with Crippen molar-refractivity contribution in [3.63, 3.8) is 0 Å². The van der Waals surface area contributed by atoms with E-state index in [0.717, 1.165) is 0 Å². The van der Waals surface area contributed by atoms with Crippen LogP contribution in [0.3, 0.4) is 0 Å². The first-order chi connectivity index (χ1) is 9.95. The van der Waals surface area contributed by atoms with Crippen LogP contribution in [0.1, 0.15) is 17.4 Å². The molecule has 0 fully saturated rings. The van der Waals surface area contributed by atoms with Gasteiger partial charge in [-0.15, -0.1) is 0 Å². The molecule has 0 bridgehead atoms. The van der Waals surface area contributed by atoms with E-state index in [1.807, 2.05) is 0 Å². The van der Waals surface area contributed by atoms with E-state index in [9.17, 15) is 14.4 Å². The number of carboxylic acids is 1. The van der Waals surface area contributed by atoms with Crippen LogP contribution in [-0.2, 0) is 20.9 Å². The number of aromatic nitrogens is 1. The van der Waals surface area contributed by atoms with Gasteiger partial charge in [-0.2, -0.15) is 0 Å². The first-order valence-corrected chi connectivity index (χ1v) is 6.40. The van der Waals surface area contributed by atoms with Crippen molar-refractivity contribution in [2.24, 2.45) is 0 Å². The molecule has 8 heteroatoms. The number of nitrogens with zero attached hydrogens (tertiary/aromatic N) is 1. The van der Waals surface area contributed by atoms with Crippen molar-refractivity contribution in [2.45, 2.75) is 19.5 Å². The maximum absolute atomic E-state index is 11.8. The predicted octanol–water partition coefficient (Wildman–Crippen LogP) is -0.546. The van der Waals surface area contributed by atoms with Gasteiger partial charge in [0.1, 0.15) is 18.3 Å². The lowest BCUT2D eigenvalue weighted by molar-refractivity contribution is -0.129. The molecule has 0 spiro atoms. The van der Waals surface area contributed by atoms with Gasteiger partial charge in [-0.25, -0.2) is 4.79 Å². The van der Waals surface area contributed by atoms with Gasteiger partial charge >= 0.3 is 5.97 Å². The fraction of sp³-hybridized carbons (Fsp3) is 0.462. The Balaban J connectivity index is 2.47. The molecule has 0 saturated heterocycles. The number of aromatic carboxylic acids is 1. The summed E-state index contributed by atoms with van der Waals surface area (Å²) in [5, 5.41) is 14.0. The summed E-state index contributed by atoms with van der Waals surface area (Å²) in [5.41, 5.74) is 0.0161. The molecule has 0 saturated carbocycles. The van der Waals surface area contributed by atoms with Crippen LogP contribution < -0.4 is 10.6 Å². The zero-order valence-corrected chi connectivity index (χ0v) is 12.0. The lowest BCUT2D eigenvalue weighted by Gasteiger charge is -2.14. The molecule has 0 aromatic carbocycles. The fourth-order valence-corrected chi connectivity index (χ4v) is 1.68. The van der Waals surface area contributed by atoms with Crippen molar-refractivity contribution in [3.05, 3.63) is 24.0 Å². The molecule has 1 rings (SSSR count). The van der Waals surface area contributed by atoms with Crippen LogP contribution >= 0.6 is 0 Å². The molecule has 3 N–H and O–H groups in total. The molecular weight excluding hydrogens is 278 g/mol. The molecule has 0 radical (unpaired) electrons. The Hall–Kier alpha value is -2.35. The highest BCUT2D eigenvalue weighted by Gasteiger charge is 2.17. The van der Waals surface area contributed by atoms with Crippen LogP contribution in [0.25, 0.3) is 0 Å². The predicted molar refractivity (Wildman–Crippen MR) is 73.9 cm³/mol. The molecule has 0 aliphatic heterocycles. The molecule has 1 aromatic heterocycles. The number of methoxy groups -OCH3 is 1. The quantitative estimate of drug-likeness (QED) is 0.558. The lowest BCUT2D eigenvalue weighted by Crippen LogP contribution is -2.46. The van der Waals surface area contributed by atoms with Gasteiger partial charge in [0.25, 0.3) is 0 Å². The van der Waals surface area contributed by atoms with Gasteiger partial charge in [-0.1, -0.05) is 0 Å². The molecule has 21 heavy (non-hydrogen) atoms. The van der Waals surface area contributed by atoms with Crippen LogP contribution in [0.5, 0.6) is 0 Å². The third-order valence-electron chi connectivity index (χ3n) is 2.74. The summed E-state index contributed by atoms with van der Waals surface area (Å²) in [6.07, 6.45) is 1.49. The van der Waals surface area contributed by atoms with E-state index in [4.69, 9.17) is 9.84 Å². The Morgan fingerprint density at radius 3 is 2.76 bits per heavy atom. The second kappa shape index (κ2) is 8.05.